The van der Waals surface area contributed by atoms with E-state index in [4.69, 9.17) is 5.11 Å². The number of rotatable bonds is 6. The second-order valence-electron chi connectivity index (χ2n) is 5.15. The highest BCUT2D eigenvalue weighted by Crippen LogP contribution is 2.19. The molecule has 1 aromatic rings. The number of aromatic nitrogens is 1. The van der Waals surface area contributed by atoms with Gasteiger partial charge in [-0.25, -0.2) is 17.9 Å². The second-order valence-corrected chi connectivity index (χ2v) is 6.92. The summed E-state index contributed by atoms with van der Waals surface area (Å²) in [4.78, 5) is 11.1. The van der Waals surface area contributed by atoms with E-state index in [1.165, 1.54) is 16.8 Å². The Morgan fingerprint density at radius 2 is 2.24 bits per heavy atom. The van der Waals surface area contributed by atoms with Crippen LogP contribution in [0, 0.1) is 5.92 Å². The molecule has 2 N–H and O–H groups in total. The van der Waals surface area contributed by atoms with Crippen LogP contribution in [0.3, 0.4) is 0 Å². The predicted octanol–water partition coefficient (Wildman–Crippen LogP) is 1.84. The summed E-state index contributed by atoms with van der Waals surface area (Å²) < 4.78 is 28.5. The van der Waals surface area contributed by atoms with Crippen LogP contribution in [0.5, 0.6) is 0 Å². The van der Waals surface area contributed by atoms with Gasteiger partial charge in [-0.05, 0) is 38.2 Å². The summed E-state index contributed by atoms with van der Waals surface area (Å²) >= 11 is 0. The molecule has 1 heterocycles. The van der Waals surface area contributed by atoms with Gasteiger partial charge in [-0.15, -0.1) is 0 Å². The molecule has 6 nitrogen and oxygen atoms in total. The molecule has 1 unspecified atom stereocenters. The fourth-order valence-electron chi connectivity index (χ4n) is 2.42. The van der Waals surface area contributed by atoms with Gasteiger partial charge in [0, 0.05) is 19.3 Å². The minimum atomic E-state index is -3.66. The number of aryl methyl sites for hydroxylation is 1. The fourth-order valence-corrected chi connectivity index (χ4v) is 3.58. The van der Waals surface area contributed by atoms with Crippen molar-refractivity contribution in [3.63, 3.8) is 0 Å². The number of hydrogen-bond donors (Lipinski definition) is 2. The molecular formula is C14H20N2O4S. The Bertz CT molecular complexity index is 646. The van der Waals surface area contributed by atoms with Gasteiger partial charge in [-0.3, -0.25) is 0 Å². The van der Waals surface area contributed by atoms with Crippen molar-refractivity contribution in [3.05, 3.63) is 30.1 Å². The smallest absolute Gasteiger partial charge is 0.352 e. The zero-order valence-electron chi connectivity index (χ0n) is 11.9. The van der Waals surface area contributed by atoms with Crippen molar-refractivity contribution in [2.75, 3.05) is 6.54 Å². The van der Waals surface area contributed by atoms with Crippen molar-refractivity contribution in [3.8, 4) is 0 Å². The van der Waals surface area contributed by atoms with Crippen LogP contribution in [-0.2, 0) is 16.6 Å². The Morgan fingerprint density at radius 1 is 1.48 bits per heavy atom. The second kappa shape index (κ2) is 6.44. The lowest BCUT2D eigenvalue weighted by atomic mass is 9.95. The molecule has 0 bridgehead atoms. The fraction of sp³-hybridized carbons (Fsp3) is 0.500. The lowest BCUT2D eigenvalue weighted by Crippen LogP contribution is -2.29. The molecular weight excluding hydrogens is 292 g/mol. The first-order valence-corrected chi connectivity index (χ1v) is 8.50. The quantitative estimate of drug-likeness (QED) is 0.785. The summed E-state index contributed by atoms with van der Waals surface area (Å²) in [6, 6.07) is 1.20. The zero-order chi connectivity index (χ0) is 15.5. The maximum atomic E-state index is 12.2. The van der Waals surface area contributed by atoms with Gasteiger partial charge in [0.05, 0.1) is 0 Å². The van der Waals surface area contributed by atoms with Crippen LogP contribution in [-0.4, -0.2) is 30.6 Å². The molecule has 0 amide bonds. The molecule has 21 heavy (non-hydrogen) atoms. The highest BCUT2D eigenvalue weighted by atomic mass is 32.2. The molecule has 0 aromatic carbocycles. The molecule has 2 rings (SSSR count). The van der Waals surface area contributed by atoms with Gasteiger partial charge in [0.1, 0.15) is 10.6 Å². The first-order valence-electron chi connectivity index (χ1n) is 7.02. The van der Waals surface area contributed by atoms with Crippen LogP contribution in [0.1, 0.15) is 36.7 Å². The van der Waals surface area contributed by atoms with Gasteiger partial charge in [-0.2, -0.15) is 0 Å². The number of nitrogens with zero attached hydrogens (tertiary/aromatic N) is 1. The zero-order valence-corrected chi connectivity index (χ0v) is 12.8. The van der Waals surface area contributed by atoms with Crippen LogP contribution in [0.15, 0.2) is 29.3 Å². The summed E-state index contributed by atoms with van der Waals surface area (Å²) in [5.74, 6) is -0.826. The summed E-state index contributed by atoms with van der Waals surface area (Å²) in [5, 5.41) is 9.07. The Kier molecular flexibility index (Phi) is 4.84. The standard InChI is InChI=1S/C14H20N2O4S/c1-2-16-10-12(8-13(16)14(17)18)21(19,20)15-9-11-6-4-3-5-7-11/h3-4,8,10-11,15H,2,5-7,9H2,1H3,(H,17,18). The lowest BCUT2D eigenvalue weighted by molar-refractivity contribution is 0.0685. The topological polar surface area (TPSA) is 88.4 Å². The average molecular weight is 312 g/mol. The van der Waals surface area contributed by atoms with Gasteiger partial charge in [0.25, 0.3) is 0 Å². The molecule has 7 heteroatoms. The van der Waals surface area contributed by atoms with Gasteiger partial charge >= 0.3 is 5.97 Å². The maximum Gasteiger partial charge on any atom is 0.352 e. The number of carbonyl (C=O) groups is 1. The van der Waals surface area contributed by atoms with Crippen molar-refractivity contribution in [1.82, 2.24) is 9.29 Å². The van der Waals surface area contributed by atoms with Crippen molar-refractivity contribution >= 4 is 16.0 Å². The molecule has 1 atom stereocenters. The average Bonchev–Trinajstić information content (AvgIpc) is 2.92. The number of aromatic carboxylic acids is 1. The molecule has 0 saturated heterocycles. The van der Waals surface area contributed by atoms with Gasteiger partial charge in [0.2, 0.25) is 10.0 Å². The van der Waals surface area contributed by atoms with Gasteiger partial charge < -0.3 is 9.67 Å². The first kappa shape index (κ1) is 15.8. The summed E-state index contributed by atoms with van der Waals surface area (Å²) in [7, 11) is -3.66. The number of nitrogens with one attached hydrogen (secondary N) is 1. The Morgan fingerprint density at radius 3 is 2.76 bits per heavy atom. The van der Waals surface area contributed by atoms with E-state index in [-0.39, 0.29) is 10.6 Å². The van der Waals surface area contributed by atoms with Crippen LogP contribution in [0.2, 0.25) is 0 Å². The number of allylic oxidation sites excluding steroid dienone is 2. The largest absolute Gasteiger partial charge is 0.477 e. The monoisotopic (exact) mass is 312 g/mol. The highest BCUT2D eigenvalue weighted by Gasteiger charge is 2.22. The third kappa shape index (κ3) is 3.74. The number of hydrogen-bond acceptors (Lipinski definition) is 3. The summed E-state index contributed by atoms with van der Waals surface area (Å²) in [6.45, 7) is 2.56. The number of carboxylic acid groups (broad SMARTS) is 1. The normalized spacial score (nSPS) is 18.8. The first-order chi connectivity index (χ1) is 9.94. The van der Waals surface area contributed by atoms with E-state index in [2.05, 4.69) is 16.9 Å². The van der Waals surface area contributed by atoms with Crippen molar-refractivity contribution in [2.45, 2.75) is 37.6 Å². The highest BCUT2D eigenvalue weighted by molar-refractivity contribution is 7.89. The molecule has 0 spiro atoms. The minimum Gasteiger partial charge on any atom is -0.477 e. The van der Waals surface area contributed by atoms with E-state index in [1.54, 1.807) is 6.92 Å². The Hall–Kier alpha value is -1.60. The third-order valence-corrected chi connectivity index (χ3v) is 5.07. The van der Waals surface area contributed by atoms with E-state index in [0.717, 1.165) is 19.3 Å². The molecule has 116 valence electrons. The third-order valence-electron chi connectivity index (χ3n) is 3.68. The SMILES string of the molecule is CCn1cc(S(=O)(=O)NCC2CC=CCC2)cc1C(=O)O. The van der Waals surface area contributed by atoms with E-state index < -0.39 is 16.0 Å². The minimum absolute atomic E-state index is 0.00750. The van der Waals surface area contributed by atoms with E-state index in [9.17, 15) is 13.2 Å². The molecule has 0 aliphatic heterocycles. The molecule has 0 fully saturated rings. The van der Waals surface area contributed by atoms with E-state index >= 15 is 0 Å². The van der Waals surface area contributed by atoms with Crippen molar-refractivity contribution in [2.24, 2.45) is 5.92 Å². The van der Waals surface area contributed by atoms with Crippen LogP contribution >= 0.6 is 0 Å². The summed E-state index contributed by atoms with van der Waals surface area (Å²) in [6.07, 6.45) is 8.35. The lowest BCUT2D eigenvalue weighted by Gasteiger charge is -2.17. The van der Waals surface area contributed by atoms with E-state index in [0.29, 0.717) is 19.0 Å². The number of sulfonamides is 1. The van der Waals surface area contributed by atoms with Gasteiger partial charge in [0.15, 0.2) is 0 Å². The summed E-state index contributed by atoms with van der Waals surface area (Å²) in [5.41, 5.74) is -0.0153. The van der Waals surface area contributed by atoms with Crippen LogP contribution in [0.25, 0.3) is 0 Å². The number of carboxylic acids is 1. The molecule has 1 aromatic heterocycles. The van der Waals surface area contributed by atoms with Crippen molar-refractivity contribution in [1.29, 1.82) is 0 Å². The Labute approximate surface area is 124 Å². The van der Waals surface area contributed by atoms with Crippen LogP contribution in [0.4, 0.5) is 0 Å². The van der Waals surface area contributed by atoms with E-state index in [1.807, 2.05) is 0 Å². The van der Waals surface area contributed by atoms with Gasteiger partial charge in [-0.1, -0.05) is 12.2 Å². The maximum absolute atomic E-state index is 12.2. The molecule has 1 aliphatic carbocycles. The molecule has 0 radical (unpaired) electrons. The van der Waals surface area contributed by atoms with Crippen molar-refractivity contribution < 1.29 is 18.3 Å². The molecule has 0 saturated carbocycles. The Balaban J connectivity index is 2.11. The molecule has 1 aliphatic rings. The van der Waals surface area contributed by atoms with Crippen LogP contribution < -0.4 is 4.72 Å². The predicted molar refractivity (Wildman–Crippen MR) is 78.7 cm³/mol.